The third kappa shape index (κ3) is 3.42. The minimum Gasteiger partial charge on any atom is -0.455 e. The summed E-state index contributed by atoms with van der Waals surface area (Å²) in [5.41, 5.74) is 9.81. The molecular weight excluding hydrogens is 514 g/mol. The molecule has 0 atom stereocenters. The van der Waals surface area contributed by atoms with Crippen LogP contribution in [0, 0.1) is 0 Å². The molecule has 2 aliphatic carbocycles. The molecule has 7 aromatic rings. The summed E-state index contributed by atoms with van der Waals surface area (Å²) in [5, 5.41) is 4.50. The quantitative estimate of drug-likeness (QED) is 0.224. The number of aromatic nitrogens is 3. The maximum atomic E-state index is 6.89. The van der Waals surface area contributed by atoms with Crippen LogP contribution in [-0.2, 0) is 6.42 Å². The van der Waals surface area contributed by atoms with Crippen molar-refractivity contribution in [1.82, 2.24) is 14.5 Å². The topological polar surface area (TPSA) is 43.9 Å². The molecule has 42 heavy (non-hydrogen) atoms. The zero-order valence-electron chi connectivity index (χ0n) is 23.0. The van der Waals surface area contributed by atoms with Gasteiger partial charge < -0.3 is 4.42 Å². The molecule has 0 aliphatic heterocycles. The van der Waals surface area contributed by atoms with Gasteiger partial charge >= 0.3 is 0 Å². The molecule has 0 amide bonds. The van der Waals surface area contributed by atoms with Gasteiger partial charge in [-0.1, -0.05) is 91.0 Å². The third-order valence-electron chi connectivity index (χ3n) is 8.73. The maximum absolute atomic E-state index is 6.89. The minimum absolute atomic E-state index is 0.660. The summed E-state index contributed by atoms with van der Waals surface area (Å²) in [6, 6.07) is 31.7. The SMILES string of the molecule is C1=CC(C2=CCCc3c2oc2c3ccc3c2c2ccccc2n3-c2nc(-c3ccccc3)c3ccccc3n2)=CCC1. The largest absolute Gasteiger partial charge is 0.455 e. The number of nitrogens with zero attached hydrogens (tertiary/aromatic N) is 3. The number of allylic oxidation sites excluding steroid dienone is 6. The summed E-state index contributed by atoms with van der Waals surface area (Å²) in [6.07, 6.45) is 13.4. The highest BCUT2D eigenvalue weighted by molar-refractivity contribution is 6.20. The van der Waals surface area contributed by atoms with Gasteiger partial charge in [-0.3, -0.25) is 4.57 Å². The lowest BCUT2D eigenvalue weighted by atomic mass is 9.89. The van der Waals surface area contributed by atoms with Crippen LogP contribution in [-0.4, -0.2) is 14.5 Å². The van der Waals surface area contributed by atoms with Crippen molar-refractivity contribution in [2.45, 2.75) is 25.7 Å². The predicted molar refractivity (Wildman–Crippen MR) is 172 cm³/mol. The van der Waals surface area contributed by atoms with Crippen LogP contribution in [0.2, 0.25) is 0 Å². The summed E-state index contributed by atoms with van der Waals surface area (Å²) in [6.45, 7) is 0. The lowest BCUT2D eigenvalue weighted by molar-refractivity contribution is 0.594. The van der Waals surface area contributed by atoms with E-state index in [-0.39, 0.29) is 0 Å². The molecule has 9 rings (SSSR count). The van der Waals surface area contributed by atoms with E-state index < -0.39 is 0 Å². The Bertz CT molecular complexity index is 2300. The van der Waals surface area contributed by atoms with Gasteiger partial charge in [-0.05, 0) is 55.5 Å². The highest BCUT2D eigenvalue weighted by atomic mass is 16.3. The van der Waals surface area contributed by atoms with E-state index in [1.54, 1.807) is 0 Å². The van der Waals surface area contributed by atoms with Gasteiger partial charge in [-0.2, -0.15) is 0 Å². The summed E-state index contributed by atoms with van der Waals surface area (Å²) in [5.74, 6) is 1.68. The van der Waals surface area contributed by atoms with E-state index in [2.05, 4.69) is 108 Å². The average Bonchev–Trinajstić information content (AvgIpc) is 3.61. The Morgan fingerprint density at radius 2 is 1.50 bits per heavy atom. The van der Waals surface area contributed by atoms with Gasteiger partial charge in [0, 0.05) is 32.9 Å². The Balaban J connectivity index is 1.34. The Hall–Kier alpha value is -5.22. The molecule has 200 valence electrons. The van der Waals surface area contributed by atoms with Crippen molar-refractivity contribution in [3.8, 4) is 17.2 Å². The monoisotopic (exact) mass is 541 g/mol. The average molecular weight is 542 g/mol. The zero-order chi connectivity index (χ0) is 27.6. The molecule has 0 unspecified atom stereocenters. The maximum Gasteiger partial charge on any atom is 0.235 e. The number of para-hydroxylation sites is 2. The van der Waals surface area contributed by atoms with Crippen molar-refractivity contribution in [3.63, 3.8) is 0 Å². The molecule has 0 fully saturated rings. The number of benzene rings is 4. The van der Waals surface area contributed by atoms with E-state index in [4.69, 9.17) is 14.4 Å². The normalized spacial score (nSPS) is 15.0. The van der Waals surface area contributed by atoms with Crippen LogP contribution >= 0.6 is 0 Å². The highest BCUT2D eigenvalue weighted by Crippen LogP contribution is 2.44. The molecule has 0 saturated carbocycles. The van der Waals surface area contributed by atoms with Gasteiger partial charge in [0.1, 0.15) is 11.3 Å². The first kappa shape index (κ1) is 23.5. The van der Waals surface area contributed by atoms with Crippen LogP contribution in [0.3, 0.4) is 0 Å². The van der Waals surface area contributed by atoms with Crippen LogP contribution < -0.4 is 0 Å². The second-order valence-corrected chi connectivity index (χ2v) is 11.1. The molecule has 3 aromatic heterocycles. The molecule has 4 nitrogen and oxygen atoms in total. The minimum atomic E-state index is 0.660. The van der Waals surface area contributed by atoms with Crippen LogP contribution in [0.25, 0.3) is 66.5 Å². The number of aryl methyl sites for hydroxylation is 1. The van der Waals surface area contributed by atoms with E-state index in [0.29, 0.717) is 5.95 Å². The van der Waals surface area contributed by atoms with Gasteiger partial charge in [0.05, 0.1) is 27.6 Å². The van der Waals surface area contributed by atoms with Crippen LogP contribution in [0.4, 0.5) is 0 Å². The fraction of sp³-hybridized carbons (Fsp3) is 0.105. The number of hydrogen-bond donors (Lipinski definition) is 0. The van der Waals surface area contributed by atoms with Gasteiger partial charge in [-0.25, -0.2) is 9.97 Å². The van der Waals surface area contributed by atoms with Gasteiger partial charge in [-0.15, -0.1) is 0 Å². The molecule has 4 aromatic carbocycles. The third-order valence-corrected chi connectivity index (χ3v) is 8.73. The number of rotatable bonds is 3. The van der Waals surface area contributed by atoms with Crippen LogP contribution in [0.15, 0.2) is 125 Å². The fourth-order valence-corrected chi connectivity index (χ4v) is 6.84. The molecular formula is C38H27N3O. The molecule has 0 N–H and O–H groups in total. The number of furan rings is 1. The van der Waals surface area contributed by atoms with E-state index in [1.165, 1.54) is 22.1 Å². The Kier molecular flexibility index (Phi) is 5.12. The smallest absolute Gasteiger partial charge is 0.235 e. The molecule has 0 bridgehead atoms. The van der Waals surface area contributed by atoms with Gasteiger partial charge in [0.2, 0.25) is 5.95 Å². The number of fused-ring (bicyclic) bond motifs is 8. The lowest BCUT2D eigenvalue weighted by Gasteiger charge is -2.15. The Morgan fingerprint density at radius 3 is 2.38 bits per heavy atom. The van der Waals surface area contributed by atoms with Crippen molar-refractivity contribution in [2.75, 3.05) is 0 Å². The van der Waals surface area contributed by atoms with Gasteiger partial charge in [0.15, 0.2) is 0 Å². The second-order valence-electron chi connectivity index (χ2n) is 11.1. The predicted octanol–water partition coefficient (Wildman–Crippen LogP) is 9.75. The van der Waals surface area contributed by atoms with E-state index >= 15 is 0 Å². The summed E-state index contributed by atoms with van der Waals surface area (Å²) >= 11 is 0. The number of hydrogen-bond acceptors (Lipinski definition) is 3. The fourth-order valence-electron chi connectivity index (χ4n) is 6.84. The zero-order valence-corrected chi connectivity index (χ0v) is 23.0. The first-order valence-corrected chi connectivity index (χ1v) is 14.7. The van der Waals surface area contributed by atoms with Crippen molar-refractivity contribution >= 4 is 49.3 Å². The van der Waals surface area contributed by atoms with Crippen LogP contribution in [0.1, 0.15) is 30.6 Å². The van der Waals surface area contributed by atoms with E-state index in [9.17, 15) is 0 Å². The Morgan fingerprint density at radius 1 is 0.667 bits per heavy atom. The van der Waals surface area contributed by atoms with Gasteiger partial charge in [0.25, 0.3) is 0 Å². The van der Waals surface area contributed by atoms with E-state index in [0.717, 1.165) is 81.0 Å². The Labute approximate surface area is 242 Å². The molecule has 0 saturated heterocycles. The molecule has 0 radical (unpaired) electrons. The first-order valence-electron chi connectivity index (χ1n) is 14.7. The molecule has 3 heterocycles. The van der Waals surface area contributed by atoms with Crippen molar-refractivity contribution in [1.29, 1.82) is 0 Å². The highest BCUT2D eigenvalue weighted by Gasteiger charge is 2.26. The first-order chi connectivity index (χ1) is 20.8. The molecule has 4 heteroatoms. The summed E-state index contributed by atoms with van der Waals surface area (Å²) in [4.78, 5) is 10.3. The van der Waals surface area contributed by atoms with E-state index in [1.807, 2.05) is 12.1 Å². The molecule has 2 aliphatic rings. The summed E-state index contributed by atoms with van der Waals surface area (Å²) < 4.78 is 9.10. The van der Waals surface area contributed by atoms with Crippen LogP contribution in [0.5, 0.6) is 0 Å². The van der Waals surface area contributed by atoms with Crippen molar-refractivity contribution < 1.29 is 4.42 Å². The van der Waals surface area contributed by atoms with Crippen molar-refractivity contribution in [2.24, 2.45) is 0 Å². The lowest BCUT2D eigenvalue weighted by Crippen LogP contribution is -2.03. The molecule has 0 spiro atoms. The second kappa shape index (κ2) is 9.15. The summed E-state index contributed by atoms with van der Waals surface area (Å²) in [7, 11) is 0. The standard InChI is InChI=1S/C38H27N3O/c1-3-12-24(13-4-1)26-18-11-19-27-28-22-23-33-34(37(28)42-36(26)27)30-17-8-10-21-32(30)41(33)38-39-31-20-9-7-16-29(31)35(40-38)25-14-5-2-6-15-25/h2-3,5-10,12-18,20-23H,1,4,11,19H2. The van der Waals surface area contributed by atoms with Crippen molar-refractivity contribution in [3.05, 3.63) is 132 Å².